The molecule has 2 aromatic heterocycles. The lowest BCUT2D eigenvalue weighted by Crippen LogP contribution is -2.55. The van der Waals surface area contributed by atoms with Crippen molar-refractivity contribution >= 4 is 28.7 Å². The molecule has 1 aromatic carbocycles. The smallest absolute Gasteiger partial charge is 0.224 e. The number of piperazine rings is 1. The molecule has 10 nitrogen and oxygen atoms in total. The summed E-state index contributed by atoms with van der Waals surface area (Å²) in [5.41, 5.74) is 8.21. The number of benzene rings is 1. The maximum atomic E-state index is 12.2. The number of anilines is 2. The van der Waals surface area contributed by atoms with Crippen LogP contribution in [-0.4, -0.2) is 65.6 Å². The summed E-state index contributed by atoms with van der Waals surface area (Å²) in [6.45, 7) is 3.41. The number of nitrogens with one attached hydrogen (secondary N) is 1. The second-order valence-electron chi connectivity index (χ2n) is 6.93. The fraction of sp³-hybridized carbons (Fsp3) is 0.350. The molecular weight excluding hydrogens is 386 g/mol. The van der Waals surface area contributed by atoms with Crippen LogP contribution in [0, 0.1) is 0 Å². The van der Waals surface area contributed by atoms with Crippen LogP contribution in [0.3, 0.4) is 0 Å². The molecule has 1 fully saturated rings. The number of ether oxygens (including phenoxy) is 2. The average molecular weight is 409 g/mol. The Kier molecular flexibility index (Phi) is 5.32. The van der Waals surface area contributed by atoms with Gasteiger partial charge in [-0.25, -0.2) is 9.97 Å². The zero-order chi connectivity index (χ0) is 21.3. The molecule has 1 saturated heterocycles. The Morgan fingerprint density at radius 3 is 2.73 bits per heavy atom. The Labute approximate surface area is 173 Å². The van der Waals surface area contributed by atoms with Crippen molar-refractivity contribution in [2.24, 2.45) is 0 Å². The average Bonchev–Trinajstić information content (AvgIpc) is 2.77. The molecule has 3 heterocycles. The van der Waals surface area contributed by atoms with Crippen LogP contribution in [0.4, 0.5) is 11.8 Å². The van der Waals surface area contributed by atoms with E-state index >= 15 is 0 Å². The zero-order valence-corrected chi connectivity index (χ0v) is 17.0. The van der Waals surface area contributed by atoms with Crippen molar-refractivity contribution in [1.82, 2.24) is 25.3 Å². The van der Waals surface area contributed by atoms with E-state index in [0.717, 1.165) is 12.1 Å². The Bertz CT molecular complexity index is 1110. The fourth-order valence-electron chi connectivity index (χ4n) is 3.57. The molecule has 4 rings (SSSR count). The van der Waals surface area contributed by atoms with E-state index in [1.54, 1.807) is 27.3 Å². The van der Waals surface area contributed by atoms with Gasteiger partial charge < -0.3 is 25.4 Å². The number of Topliss-reactive ketones (excluding diaryl/α,β-unsaturated/α-hetero) is 1. The normalized spacial score (nSPS) is 16.5. The molecule has 1 unspecified atom stereocenters. The number of nitrogens with zero attached hydrogens (tertiary/aromatic N) is 5. The van der Waals surface area contributed by atoms with E-state index in [4.69, 9.17) is 20.2 Å². The van der Waals surface area contributed by atoms with Crippen LogP contribution in [0.1, 0.15) is 6.92 Å². The first-order chi connectivity index (χ1) is 14.5. The number of hydrogen-bond acceptors (Lipinski definition) is 10. The molecule has 10 heteroatoms. The zero-order valence-electron chi connectivity index (χ0n) is 17.0. The minimum Gasteiger partial charge on any atom is -0.493 e. The standard InChI is InChI=1S/C20H23N7O3/c1-11(28)14-10-22-6-7-27(14)19-17-18(25-20(21)26-19)23-9-13(24-17)12-4-5-15(29-2)16(8-12)30-3/h4-5,8-9,14,22H,6-7,10H2,1-3H3,(H2,21,23,25,26). The second-order valence-corrected chi connectivity index (χ2v) is 6.93. The summed E-state index contributed by atoms with van der Waals surface area (Å²) in [7, 11) is 3.16. The summed E-state index contributed by atoms with van der Waals surface area (Å²) in [5, 5.41) is 3.24. The van der Waals surface area contributed by atoms with E-state index in [9.17, 15) is 4.79 Å². The molecule has 0 amide bonds. The van der Waals surface area contributed by atoms with Gasteiger partial charge in [-0.05, 0) is 25.1 Å². The van der Waals surface area contributed by atoms with Crippen LogP contribution in [0.2, 0.25) is 0 Å². The van der Waals surface area contributed by atoms with E-state index in [0.29, 0.717) is 47.3 Å². The molecule has 0 saturated carbocycles. The van der Waals surface area contributed by atoms with E-state index in [1.807, 2.05) is 23.1 Å². The lowest BCUT2D eigenvalue weighted by molar-refractivity contribution is -0.118. The van der Waals surface area contributed by atoms with Crippen LogP contribution in [0.5, 0.6) is 11.5 Å². The van der Waals surface area contributed by atoms with Crippen LogP contribution >= 0.6 is 0 Å². The van der Waals surface area contributed by atoms with Gasteiger partial charge in [-0.2, -0.15) is 9.97 Å². The lowest BCUT2D eigenvalue weighted by atomic mass is 10.1. The van der Waals surface area contributed by atoms with Gasteiger partial charge in [0.05, 0.1) is 26.1 Å². The molecule has 30 heavy (non-hydrogen) atoms. The van der Waals surface area contributed by atoms with Crippen molar-refractivity contribution in [1.29, 1.82) is 0 Å². The number of ketones is 1. The number of nitrogen functional groups attached to an aromatic ring is 1. The van der Waals surface area contributed by atoms with Gasteiger partial charge >= 0.3 is 0 Å². The maximum absolute atomic E-state index is 12.2. The first-order valence-electron chi connectivity index (χ1n) is 9.52. The Morgan fingerprint density at radius 2 is 2.00 bits per heavy atom. The highest BCUT2D eigenvalue weighted by Gasteiger charge is 2.29. The highest BCUT2D eigenvalue weighted by Crippen LogP contribution is 2.33. The number of fused-ring (bicyclic) bond motifs is 1. The molecule has 1 atom stereocenters. The minimum atomic E-state index is -0.359. The number of methoxy groups -OCH3 is 2. The molecule has 0 spiro atoms. The highest BCUT2D eigenvalue weighted by molar-refractivity contribution is 5.91. The largest absolute Gasteiger partial charge is 0.493 e. The number of hydrogen-bond donors (Lipinski definition) is 2. The lowest BCUT2D eigenvalue weighted by Gasteiger charge is -2.35. The van der Waals surface area contributed by atoms with E-state index < -0.39 is 0 Å². The number of carbonyl (C=O) groups is 1. The van der Waals surface area contributed by atoms with Crippen molar-refractivity contribution in [2.45, 2.75) is 13.0 Å². The van der Waals surface area contributed by atoms with Crippen molar-refractivity contribution in [2.75, 3.05) is 44.5 Å². The first-order valence-corrected chi connectivity index (χ1v) is 9.52. The van der Waals surface area contributed by atoms with E-state index in [1.165, 1.54) is 0 Å². The summed E-state index contributed by atoms with van der Waals surface area (Å²) in [4.78, 5) is 32.0. The molecule has 1 aliphatic rings. The van der Waals surface area contributed by atoms with Gasteiger partial charge in [-0.3, -0.25) is 4.79 Å². The predicted octanol–water partition coefficient (Wildman–Crippen LogP) is 1.05. The van der Waals surface area contributed by atoms with Crippen LogP contribution in [-0.2, 0) is 4.79 Å². The Balaban J connectivity index is 1.85. The summed E-state index contributed by atoms with van der Waals surface area (Å²) >= 11 is 0. The maximum Gasteiger partial charge on any atom is 0.224 e. The number of rotatable bonds is 5. The second kappa shape index (κ2) is 8.07. The summed E-state index contributed by atoms with van der Waals surface area (Å²) in [6, 6.07) is 5.15. The predicted molar refractivity (Wildman–Crippen MR) is 113 cm³/mol. The summed E-state index contributed by atoms with van der Waals surface area (Å²) < 4.78 is 10.7. The molecule has 156 valence electrons. The van der Waals surface area contributed by atoms with Crippen molar-refractivity contribution in [3.05, 3.63) is 24.4 Å². The van der Waals surface area contributed by atoms with Gasteiger partial charge in [0.1, 0.15) is 6.04 Å². The Hall–Kier alpha value is -3.53. The van der Waals surface area contributed by atoms with Crippen LogP contribution < -0.4 is 25.4 Å². The number of carbonyl (C=O) groups excluding carboxylic acids is 1. The molecule has 0 radical (unpaired) electrons. The molecule has 1 aliphatic heterocycles. The minimum absolute atomic E-state index is 0.0385. The first kappa shape index (κ1) is 19.8. The molecule has 3 N–H and O–H groups in total. The highest BCUT2D eigenvalue weighted by atomic mass is 16.5. The summed E-state index contributed by atoms with van der Waals surface area (Å²) in [5.74, 6) is 1.85. The molecular formula is C20H23N7O3. The van der Waals surface area contributed by atoms with E-state index in [-0.39, 0.29) is 17.8 Å². The third kappa shape index (κ3) is 3.57. The molecule has 0 bridgehead atoms. The van der Waals surface area contributed by atoms with Gasteiger partial charge in [0.2, 0.25) is 5.95 Å². The summed E-state index contributed by atoms with van der Waals surface area (Å²) in [6.07, 6.45) is 1.63. The molecule has 0 aliphatic carbocycles. The quantitative estimate of drug-likeness (QED) is 0.631. The van der Waals surface area contributed by atoms with Crippen molar-refractivity contribution in [3.63, 3.8) is 0 Å². The van der Waals surface area contributed by atoms with E-state index in [2.05, 4.69) is 20.3 Å². The van der Waals surface area contributed by atoms with Crippen molar-refractivity contribution in [3.8, 4) is 22.8 Å². The third-order valence-electron chi connectivity index (χ3n) is 5.07. The Morgan fingerprint density at radius 1 is 1.20 bits per heavy atom. The van der Waals surface area contributed by atoms with Crippen molar-refractivity contribution < 1.29 is 14.3 Å². The van der Waals surface area contributed by atoms with Gasteiger partial charge in [0.25, 0.3) is 0 Å². The van der Waals surface area contributed by atoms with Gasteiger partial charge in [0, 0.05) is 25.2 Å². The molecule has 3 aromatic rings. The monoisotopic (exact) mass is 409 g/mol. The van der Waals surface area contributed by atoms with Crippen LogP contribution in [0.25, 0.3) is 22.4 Å². The number of aromatic nitrogens is 4. The van der Waals surface area contributed by atoms with Gasteiger partial charge in [0.15, 0.2) is 34.3 Å². The number of nitrogens with two attached hydrogens (primary N) is 1. The fourth-order valence-corrected chi connectivity index (χ4v) is 3.57. The topological polar surface area (TPSA) is 128 Å². The van der Waals surface area contributed by atoms with Gasteiger partial charge in [-0.15, -0.1) is 0 Å². The van der Waals surface area contributed by atoms with Crippen LogP contribution in [0.15, 0.2) is 24.4 Å². The third-order valence-corrected chi connectivity index (χ3v) is 5.07. The SMILES string of the molecule is COc1ccc(-c2cnc3nc(N)nc(N4CCNCC4C(C)=O)c3n2)cc1OC. The van der Waals surface area contributed by atoms with Gasteiger partial charge in [-0.1, -0.05) is 0 Å².